The van der Waals surface area contributed by atoms with Gasteiger partial charge in [-0.3, -0.25) is 4.79 Å². The molecule has 30 heavy (non-hydrogen) atoms. The van der Waals surface area contributed by atoms with Crippen molar-refractivity contribution in [2.75, 3.05) is 32.2 Å². The molecule has 4 rings (SSSR count). The van der Waals surface area contributed by atoms with Crippen molar-refractivity contribution in [3.05, 3.63) is 53.8 Å². The summed E-state index contributed by atoms with van der Waals surface area (Å²) in [4.78, 5) is 24.8. The van der Waals surface area contributed by atoms with Crippen LogP contribution in [-0.4, -0.2) is 38.8 Å². The number of hydrogen-bond donors (Lipinski definition) is 1. The van der Waals surface area contributed by atoms with E-state index >= 15 is 0 Å². The molecule has 1 aromatic heterocycles. The summed E-state index contributed by atoms with van der Waals surface area (Å²) in [5.74, 6) is 0.0111. The van der Waals surface area contributed by atoms with Crippen LogP contribution in [0.3, 0.4) is 0 Å². The highest BCUT2D eigenvalue weighted by Crippen LogP contribution is 2.32. The predicted octanol–water partition coefficient (Wildman–Crippen LogP) is 3.54. The maximum absolute atomic E-state index is 12.5. The summed E-state index contributed by atoms with van der Waals surface area (Å²) in [6, 6.07) is 12.3. The number of ether oxygens (including phenoxy) is 4. The molecule has 8 heteroatoms. The third-order valence-corrected chi connectivity index (χ3v) is 4.54. The molecule has 1 amide bonds. The van der Waals surface area contributed by atoms with E-state index in [-0.39, 0.29) is 12.4 Å². The average molecular weight is 411 g/mol. The molecule has 2 aromatic carbocycles. The molecule has 156 valence electrons. The topological polar surface area (TPSA) is 96.2 Å². The van der Waals surface area contributed by atoms with E-state index in [1.165, 1.54) is 7.11 Å². The Kier molecular flexibility index (Phi) is 5.85. The number of hydrogen-bond acceptors (Lipinski definition) is 7. The molecule has 8 nitrogen and oxygen atoms in total. The van der Waals surface area contributed by atoms with Crippen molar-refractivity contribution in [1.29, 1.82) is 0 Å². The van der Waals surface area contributed by atoms with Crippen molar-refractivity contribution < 1.29 is 33.0 Å². The van der Waals surface area contributed by atoms with Crippen molar-refractivity contribution >= 4 is 28.5 Å². The second-order valence-electron chi connectivity index (χ2n) is 6.68. The molecule has 0 saturated carbocycles. The lowest BCUT2D eigenvalue weighted by Gasteiger charge is -2.10. The standard InChI is InChI=1S/C22H21NO7/c1-26-12-16-15-5-2-3-6-17(15)30-21(16)22(25)29-13-20(24)23-14-7-8-18-19(11-14)28-10-4-9-27-18/h2-3,5-8,11H,4,9-10,12-13H2,1H3,(H,23,24). The highest BCUT2D eigenvalue weighted by molar-refractivity contribution is 5.98. The van der Waals surface area contributed by atoms with Crippen molar-refractivity contribution in [2.45, 2.75) is 13.0 Å². The number of esters is 1. The first-order chi connectivity index (χ1) is 14.7. The molecule has 0 fully saturated rings. The summed E-state index contributed by atoms with van der Waals surface area (Å²) in [6.07, 6.45) is 0.791. The van der Waals surface area contributed by atoms with Gasteiger partial charge in [-0.25, -0.2) is 4.79 Å². The van der Waals surface area contributed by atoms with Gasteiger partial charge in [0.1, 0.15) is 5.58 Å². The minimum Gasteiger partial charge on any atom is -0.490 e. The van der Waals surface area contributed by atoms with E-state index in [4.69, 9.17) is 23.4 Å². The molecule has 0 saturated heterocycles. The minimum atomic E-state index is -0.730. The Labute approximate surface area is 172 Å². The number of benzene rings is 2. The number of carbonyl (C=O) groups is 2. The lowest BCUT2D eigenvalue weighted by molar-refractivity contribution is -0.119. The van der Waals surface area contributed by atoms with Crippen molar-refractivity contribution in [1.82, 2.24) is 0 Å². The normalized spacial score (nSPS) is 13.0. The van der Waals surface area contributed by atoms with Crippen LogP contribution in [0, 0.1) is 0 Å². The number of anilines is 1. The summed E-state index contributed by atoms with van der Waals surface area (Å²) >= 11 is 0. The largest absolute Gasteiger partial charge is 0.490 e. The Morgan fingerprint density at radius 3 is 2.70 bits per heavy atom. The summed E-state index contributed by atoms with van der Waals surface area (Å²) in [5, 5.41) is 3.45. The number of para-hydroxylation sites is 1. The Balaban J connectivity index is 1.41. The highest BCUT2D eigenvalue weighted by Gasteiger charge is 2.22. The van der Waals surface area contributed by atoms with Crippen LogP contribution >= 0.6 is 0 Å². The van der Waals surface area contributed by atoms with Gasteiger partial charge in [-0.15, -0.1) is 0 Å². The van der Waals surface area contributed by atoms with E-state index in [1.54, 1.807) is 30.3 Å². The maximum Gasteiger partial charge on any atom is 0.375 e. The molecular formula is C22H21NO7. The summed E-state index contributed by atoms with van der Waals surface area (Å²) in [6.45, 7) is 0.854. The second kappa shape index (κ2) is 8.87. The van der Waals surface area contributed by atoms with Crippen LogP contribution in [0.15, 0.2) is 46.9 Å². The van der Waals surface area contributed by atoms with Crippen LogP contribution in [0.4, 0.5) is 5.69 Å². The molecule has 0 atom stereocenters. The third-order valence-electron chi connectivity index (χ3n) is 4.54. The lowest BCUT2D eigenvalue weighted by atomic mass is 10.1. The van der Waals surface area contributed by atoms with Crippen molar-refractivity contribution in [3.63, 3.8) is 0 Å². The van der Waals surface area contributed by atoms with Gasteiger partial charge in [-0.1, -0.05) is 18.2 Å². The quantitative estimate of drug-likeness (QED) is 0.620. The zero-order chi connectivity index (χ0) is 20.9. The van der Waals surface area contributed by atoms with Crippen molar-refractivity contribution in [3.8, 4) is 11.5 Å². The average Bonchev–Trinajstić information content (AvgIpc) is 2.95. The van der Waals surface area contributed by atoms with Gasteiger partial charge in [0, 0.05) is 36.2 Å². The van der Waals surface area contributed by atoms with Crippen molar-refractivity contribution in [2.24, 2.45) is 0 Å². The van der Waals surface area contributed by atoms with E-state index in [1.807, 2.05) is 12.1 Å². The SMILES string of the molecule is COCc1c(C(=O)OCC(=O)Nc2ccc3c(c2)OCCCO3)oc2ccccc12. The zero-order valence-electron chi connectivity index (χ0n) is 16.4. The summed E-state index contributed by atoms with van der Waals surface area (Å²) in [7, 11) is 1.53. The van der Waals surface area contributed by atoms with Crippen LogP contribution in [0.1, 0.15) is 22.5 Å². The van der Waals surface area contributed by atoms with Gasteiger partial charge in [-0.2, -0.15) is 0 Å². The fourth-order valence-electron chi connectivity index (χ4n) is 3.19. The maximum atomic E-state index is 12.5. The Bertz CT molecular complexity index is 1070. The van der Waals surface area contributed by atoms with Crippen LogP contribution in [0.5, 0.6) is 11.5 Å². The molecule has 0 unspecified atom stereocenters. The number of rotatable bonds is 6. The van der Waals surface area contributed by atoms with Crippen LogP contribution in [0.25, 0.3) is 11.0 Å². The number of carbonyl (C=O) groups excluding carboxylic acids is 2. The number of methoxy groups -OCH3 is 1. The zero-order valence-corrected chi connectivity index (χ0v) is 16.4. The summed E-state index contributed by atoms with van der Waals surface area (Å²) in [5.41, 5.74) is 1.65. The number of fused-ring (bicyclic) bond motifs is 2. The molecule has 1 aliphatic rings. The molecule has 0 bridgehead atoms. The van der Waals surface area contributed by atoms with Gasteiger partial charge in [-0.05, 0) is 18.2 Å². The van der Waals surface area contributed by atoms with Gasteiger partial charge >= 0.3 is 5.97 Å². The first-order valence-corrected chi connectivity index (χ1v) is 9.51. The molecule has 0 spiro atoms. The fraction of sp³-hybridized carbons (Fsp3) is 0.273. The Morgan fingerprint density at radius 2 is 1.87 bits per heavy atom. The van der Waals surface area contributed by atoms with E-state index in [0.717, 1.165) is 11.8 Å². The van der Waals surface area contributed by atoms with E-state index in [9.17, 15) is 9.59 Å². The van der Waals surface area contributed by atoms with Gasteiger partial charge in [0.05, 0.1) is 19.8 Å². The highest BCUT2D eigenvalue weighted by atomic mass is 16.5. The Hall–Kier alpha value is -3.52. The molecule has 3 aromatic rings. The fourth-order valence-corrected chi connectivity index (χ4v) is 3.19. The molecular weight excluding hydrogens is 390 g/mol. The van der Waals surface area contributed by atoms with Crippen LogP contribution in [-0.2, 0) is 20.9 Å². The number of nitrogens with one attached hydrogen (secondary N) is 1. The smallest absolute Gasteiger partial charge is 0.375 e. The van der Waals surface area contributed by atoms with E-state index < -0.39 is 18.5 Å². The molecule has 1 N–H and O–H groups in total. The van der Waals surface area contributed by atoms with E-state index in [0.29, 0.717) is 41.5 Å². The predicted molar refractivity (Wildman–Crippen MR) is 108 cm³/mol. The molecule has 1 aliphatic heterocycles. The van der Waals surface area contributed by atoms with Gasteiger partial charge in [0.15, 0.2) is 18.1 Å². The van der Waals surface area contributed by atoms with Crippen LogP contribution < -0.4 is 14.8 Å². The van der Waals surface area contributed by atoms with Gasteiger partial charge in [0.25, 0.3) is 5.91 Å². The summed E-state index contributed by atoms with van der Waals surface area (Å²) < 4.78 is 27.1. The first kappa shape index (κ1) is 19.8. The minimum absolute atomic E-state index is 0.0291. The third kappa shape index (κ3) is 4.23. The molecule has 0 aliphatic carbocycles. The molecule has 2 heterocycles. The van der Waals surface area contributed by atoms with Gasteiger partial charge < -0.3 is 28.7 Å². The Morgan fingerprint density at radius 1 is 1.07 bits per heavy atom. The van der Waals surface area contributed by atoms with Crippen LogP contribution in [0.2, 0.25) is 0 Å². The lowest BCUT2D eigenvalue weighted by Crippen LogP contribution is -2.21. The number of furan rings is 1. The monoisotopic (exact) mass is 411 g/mol. The second-order valence-corrected chi connectivity index (χ2v) is 6.68. The first-order valence-electron chi connectivity index (χ1n) is 9.51. The molecule has 0 radical (unpaired) electrons. The van der Waals surface area contributed by atoms with E-state index in [2.05, 4.69) is 5.32 Å². The number of amides is 1. The van der Waals surface area contributed by atoms with Gasteiger partial charge in [0.2, 0.25) is 5.76 Å².